The zero-order valence-corrected chi connectivity index (χ0v) is 15.5. The summed E-state index contributed by atoms with van der Waals surface area (Å²) < 4.78 is 1.12. The zero-order chi connectivity index (χ0) is 17.5. The van der Waals surface area contributed by atoms with Crippen LogP contribution in [0.1, 0.15) is 16.9 Å². The van der Waals surface area contributed by atoms with Crippen LogP contribution in [-0.2, 0) is 6.42 Å². The maximum Gasteiger partial charge on any atom is 0.223 e. The topological polar surface area (TPSA) is 25.8 Å². The number of halogens is 1. The molecule has 0 radical (unpaired) electrons. The van der Waals surface area contributed by atoms with Crippen LogP contribution in [0.15, 0.2) is 60.7 Å². The molecule has 1 aliphatic rings. The summed E-state index contributed by atoms with van der Waals surface area (Å²) in [6.07, 6.45) is 6.50. The molecule has 2 aromatic carbocycles. The van der Waals surface area contributed by atoms with Crippen LogP contribution in [0.3, 0.4) is 0 Å². The maximum atomic E-state index is 6.26. The quantitative estimate of drug-likeness (QED) is 0.367. The van der Waals surface area contributed by atoms with Crippen molar-refractivity contribution >= 4 is 39.2 Å². The second-order valence-electron chi connectivity index (χ2n) is 6.35. The third kappa shape index (κ3) is 2.64. The van der Waals surface area contributed by atoms with E-state index in [0.717, 1.165) is 34.3 Å². The lowest BCUT2D eigenvalue weighted by Crippen LogP contribution is -1.93. The molecule has 2 heterocycles. The Kier molecular flexibility index (Phi) is 3.84. The number of thiophene rings is 1. The highest BCUT2D eigenvalue weighted by molar-refractivity contribution is 7.20. The van der Waals surface area contributed by atoms with E-state index in [2.05, 4.69) is 70.7 Å². The molecule has 0 saturated carbocycles. The molecule has 0 amide bonds. The van der Waals surface area contributed by atoms with Gasteiger partial charge in [0.15, 0.2) is 0 Å². The minimum Gasteiger partial charge on any atom is -0.217 e. The lowest BCUT2D eigenvalue weighted by Gasteiger charge is -2.07. The van der Waals surface area contributed by atoms with Gasteiger partial charge in [0, 0.05) is 10.4 Å². The van der Waals surface area contributed by atoms with Crippen LogP contribution in [-0.4, -0.2) is 9.97 Å². The minimum absolute atomic E-state index is 0.315. The number of benzene rings is 2. The van der Waals surface area contributed by atoms with E-state index in [-0.39, 0.29) is 0 Å². The van der Waals surface area contributed by atoms with Crippen molar-refractivity contribution < 1.29 is 0 Å². The normalized spacial score (nSPS) is 13.1. The molecule has 0 atom stereocenters. The fourth-order valence-corrected chi connectivity index (χ4v) is 4.85. The van der Waals surface area contributed by atoms with Crippen LogP contribution in [0.25, 0.3) is 38.7 Å². The Balaban J connectivity index is 1.65. The summed E-state index contributed by atoms with van der Waals surface area (Å²) in [6.45, 7) is 0. The monoisotopic (exact) mass is 374 g/mol. The number of fused-ring (bicyclic) bond motifs is 3. The summed E-state index contributed by atoms with van der Waals surface area (Å²) in [6, 6.07) is 18.9. The Morgan fingerprint density at radius 3 is 2.38 bits per heavy atom. The van der Waals surface area contributed by atoms with Crippen molar-refractivity contribution in [3.05, 3.63) is 76.4 Å². The third-order valence-corrected chi connectivity index (χ3v) is 6.09. The molecule has 0 fully saturated rings. The van der Waals surface area contributed by atoms with Crippen molar-refractivity contribution in [1.29, 1.82) is 0 Å². The highest BCUT2D eigenvalue weighted by Crippen LogP contribution is 2.40. The van der Waals surface area contributed by atoms with Gasteiger partial charge in [-0.15, -0.1) is 11.3 Å². The number of aryl methyl sites for hydroxylation is 1. The summed E-state index contributed by atoms with van der Waals surface area (Å²) in [5.74, 6) is 0. The zero-order valence-electron chi connectivity index (χ0n) is 13.9. The van der Waals surface area contributed by atoms with Gasteiger partial charge in [0.1, 0.15) is 0 Å². The molecular weight excluding hydrogens is 360 g/mol. The summed E-state index contributed by atoms with van der Waals surface area (Å²) in [7, 11) is 0. The summed E-state index contributed by atoms with van der Waals surface area (Å²) in [5, 5.41) is 0.315. The van der Waals surface area contributed by atoms with Crippen LogP contribution in [0.4, 0.5) is 0 Å². The Labute approximate surface area is 160 Å². The maximum absolute atomic E-state index is 6.26. The van der Waals surface area contributed by atoms with Crippen LogP contribution >= 0.6 is 22.9 Å². The van der Waals surface area contributed by atoms with E-state index in [1.54, 1.807) is 11.3 Å². The van der Waals surface area contributed by atoms with Gasteiger partial charge in [0.2, 0.25) is 5.28 Å². The molecule has 2 aromatic heterocycles. The van der Waals surface area contributed by atoms with Crippen molar-refractivity contribution in [3.8, 4) is 22.4 Å². The Morgan fingerprint density at radius 2 is 1.58 bits per heavy atom. The van der Waals surface area contributed by atoms with Gasteiger partial charge in [-0.1, -0.05) is 60.7 Å². The largest absolute Gasteiger partial charge is 0.223 e. The predicted octanol–water partition coefficient (Wildman–Crippen LogP) is 6.64. The molecule has 26 heavy (non-hydrogen) atoms. The van der Waals surface area contributed by atoms with Gasteiger partial charge in [0.05, 0.1) is 15.9 Å². The van der Waals surface area contributed by atoms with Gasteiger partial charge in [-0.2, -0.15) is 0 Å². The summed E-state index contributed by atoms with van der Waals surface area (Å²) >= 11 is 8.02. The number of hydrogen-bond acceptors (Lipinski definition) is 3. The van der Waals surface area contributed by atoms with Gasteiger partial charge < -0.3 is 0 Å². The molecule has 126 valence electrons. The van der Waals surface area contributed by atoms with Crippen LogP contribution in [0.5, 0.6) is 0 Å². The molecule has 0 saturated heterocycles. The fraction of sp³-hybridized carbons (Fsp3) is 0.0909. The number of aromatic nitrogens is 2. The highest BCUT2D eigenvalue weighted by Gasteiger charge is 2.19. The fourth-order valence-electron chi connectivity index (χ4n) is 3.45. The Hall–Kier alpha value is -2.49. The molecule has 0 aliphatic heterocycles. The van der Waals surface area contributed by atoms with Crippen molar-refractivity contribution in [3.63, 3.8) is 0 Å². The molecule has 5 rings (SSSR count). The van der Waals surface area contributed by atoms with E-state index in [0.29, 0.717) is 5.28 Å². The molecule has 0 bridgehead atoms. The third-order valence-electron chi connectivity index (χ3n) is 4.73. The first kappa shape index (κ1) is 15.7. The average Bonchev–Trinajstić information content (AvgIpc) is 3.07. The van der Waals surface area contributed by atoms with Gasteiger partial charge in [-0.05, 0) is 47.2 Å². The van der Waals surface area contributed by atoms with Crippen LogP contribution in [0, 0.1) is 0 Å². The van der Waals surface area contributed by atoms with Gasteiger partial charge >= 0.3 is 0 Å². The number of nitrogens with zero attached hydrogens (tertiary/aromatic N) is 2. The molecular formula is C22H15ClN2S. The standard InChI is InChI=1S/C22H15ClN2S/c23-22-24-19(21-20(25-22)17-8-4-5-9-18(17)26-21)16-12-10-15(11-13-16)14-6-2-1-3-7-14/h1-3,5-7,9-13H,4,8H2. The van der Waals surface area contributed by atoms with Crippen molar-refractivity contribution in [2.24, 2.45) is 0 Å². The number of hydrogen-bond donors (Lipinski definition) is 0. The van der Waals surface area contributed by atoms with Crippen LogP contribution < -0.4 is 0 Å². The number of rotatable bonds is 2. The summed E-state index contributed by atoms with van der Waals surface area (Å²) in [4.78, 5) is 10.4. The second kappa shape index (κ2) is 6.35. The Bertz CT molecular complexity index is 1130. The second-order valence-corrected chi connectivity index (χ2v) is 7.74. The van der Waals surface area contributed by atoms with E-state index < -0.39 is 0 Å². The minimum atomic E-state index is 0.315. The van der Waals surface area contributed by atoms with E-state index >= 15 is 0 Å². The first-order chi connectivity index (χ1) is 12.8. The molecule has 0 spiro atoms. The van der Waals surface area contributed by atoms with E-state index in [4.69, 9.17) is 11.6 Å². The van der Waals surface area contributed by atoms with Crippen LogP contribution in [0.2, 0.25) is 5.28 Å². The van der Waals surface area contributed by atoms with Gasteiger partial charge in [0.25, 0.3) is 0 Å². The van der Waals surface area contributed by atoms with Gasteiger partial charge in [-0.25, -0.2) is 9.97 Å². The first-order valence-electron chi connectivity index (χ1n) is 8.61. The molecule has 4 aromatic rings. The van der Waals surface area contributed by atoms with E-state index in [9.17, 15) is 0 Å². The van der Waals surface area contributed by atoms with E-state index in [1.165, 1.54) is 21.6 Å². The average molecular weight is 375 g/mol. The Morgan fingerprint density at radius 1 is 0.846 bits per heavy atom. The SMILES string of the molecule is Clc1nc(-c2ccc(-c3ccccc3)cc2)c2sc3c(c2n1)CCC=C3. The molecule has 0 unspecified atom stereocenters. The molecule has 1 aliphatic carbocycles. The van der Waals surface area contributed by atoms with Gasteiger partial charge in [-0.3, -0.25) is 0 Å². The molecule has 2 nitrogen and oxygen atoms in total. The summed E-state index contributed by atoms with van der Waals surface area (Å²) in [5.41, 5.74) is 6.71. The number of allylic oxidation sites excluding steroid dienone is 1. The lowest BCUT2D eigenvalue weighted by atomic mass is 10.0. The highest BCUT2D eigenvalue weighted by atomic mass is 35.5. The lowest BCUT2D eigenvalue weighted by molar-refractivity contribution is 0.999. The van der Waals surface area contributed by atoms with Crippen molar-refractivity contribution in [2.45, 2.75) is 12.8 Å². The predicted molar refractivity (Wildman–Crippen MR) is 111 cm³/mol. The van der Waals surface area contributed by atoms with Crippen molar-refractivity contribution in [1.82, 2.24) is 9.97 Å². The molecule has 0 N–H and O–H groups in total. The first-order valence-corrected chi connectivity index (χ1v) is 9.80. The van der Waals surface area contributed by atoms with Crippen molar-refractivity contribution in [2.75, 3.05) is 0 Å². The molecule has 4 heteroatoms. The van der Waals surface area contributed by atoms with E-state index in [1.807, 2.05) is 6.07 Å². The smallest absolute Gasteiger partial charge is 0.217 e.